The van der Waals surface area contributed by atoms with Crippen LogP contribution in [-0.2, 0) is 6.42 Å². The van der Waals surface area contributed by atoms with Crippen LogP contribution in [0.15, 0.2) is 59.7 Å². The van der Waals surface area contributed by atoms with Gasteiger partial charge in [-0.25, -0.2) is 0 Å². The number of hydrogen-bond donors (Lipinski definition) is 1. The molecule has 0 spiro atoms. The number of nitrogens with one attached hydrogen (secondary N) is 1. The van der Waals surface area contributed by atoms with Crippen LogP contribution in [0.2, 0.25) is 0 Å². The Morgan fingerprint density at radius 3 is 2.29 bits per heavy atom. The monoisotopic (exact) mass is 283 g/mol. The molecule has 1 heteroatoms. The van der Waals surface area contributed by atoms with E-state index in [2.05, 4.69) is 76.0 Å². The van der Waals surface area contributed by atoms with Crippen LogP contribution in [-0.4, -0.2) is 13.6 Å². The second kappa shape index (κ2) is 8.63. The molecule has 0 bridgehead atoms. The van der Waals surface area contributed by atoms with Gasteiger partial charge in [-0.3, -0.25) is 0 Å². The highest BCUT2D eigenvalue weighted by Gasteiger charge is 2.00. The summed E-state index contributed by atoms with van der Waals surface area (Å²) in [7, 11) is 1.94. The molecule has 0 atom stereocenters. The summed E-state index contributed by atoms with van der Waals surface area (Å²) in [5.74, 6) is 0.597. The van der Waals surface area contributed by atoms with Gasteiger partial charge in [0.1, 0.15) is 0 Å². The highest BCUT2D eigenvalue weighted by Crippen LogP contribution is 2.16. The SMILES string of the molecule is C=C(CNC)/C(C)=C\C=C(/C)Cc1ccc(C(C)C)cc1. The maximum Gasteiger partial charge on any atom is 0.0199 e. The van der Waals surface area contributed by atoms with Crippen LogP contribution < -0.4 is 5.32 Å². The maximum atomic E-state index is 4.07. The Kier molecular flexibility index (Phi) is 7.18. The Bertz CT molecular complexity index is 515. The lowest BCUT2D eigenvalue weighted by atomic mass is 9.99. The molecule has 1 N–H and O–H groups in total. The maximum absolute atomic E-state index is 4.07. The van der Waals surface area contributed by atoms with Crippen LogP contribution in [0.25, 0.3) is 0 Å². The van der Waals surface area contributed by atoms with Crippen LogP contribution >= 0.6 is 0 Å². The molecule has 0 amide bonds. The minimum absolute atomic E-state index is 0.597. The van der Waals surface area contributed by atoms with Crippen LogP contribution in [0.4, 0.5) is 0 Å². The molecule has 0 aromatic heterocycles. The fraction of sp³-hybridized carbons (Fsp3) is 0.400. The van der Waals surface area contributed by atoms with Crippen molar-refractivity contribution in [3.05, 3.63) is 70.8 Å². The molecule has 0 aliphatic rings. The average Bonchev–Trinajstić information content (AvgIpc) is 2.45. The minimum Gasteiger partial charge on any atom is -0.316 e. The average molecular weight is 283 g/mol. The molecule has 0 radical (unpaired) electrons. The zero-order valence-electron chi connectivity index (χ0n) is 14.2. The van der Waals surface area contributed by atoms with Gasteiger partial charge < -0.3 is 5.32 Å². The lowest BCUT2D eigenvalue weighted by Gasteiger charge is -2.07. The summed E-state index contributed by atoms with van der Waals surface area (Å²) in [6, 6.07) is 8.96. The first-order chi connectivity index (χ1) is 9.93. The van der Waals surface area contributed by atoms with E-state index in [0.717, 1.165) is 18.5 Å². The fourth-order valence-electron chi connectivity index (χ4n) is 2.14. The van der Waals surface area contributed by atoms with Crippen molar-refractivity contribution in [2.24, 2.45) is 0 Å². The molecular formula is C20H29N. The van der Waals surface area contributed by atoms with Crippen LogP contribution in [0.5, 0.6) is 0 Å². The number of benzene rings is 1. The second-order valence-corrected chi connectivity index (χ2v) is 6.07. The zero-order chi connectivity index (χ0) is 15.8. The summed E-state index contributed by atoms with van der Waals surface area (Å²) < 4.78 is 0. The molecule has 114 valence electrons. The van der Waals surface area contributed by atoms with Crippen molar-refractivity contribution >= 4 is 0 Å². The van der Waals surface area contributed by atoms with Gasteiger partial charge in [-0.05, 0) is 55.5 Å². The highest BCUT2D eigenvalue weighted by atomic mass is 14.8. The zero-order valence-corrected chi connectivity index (χ0v) is 14.2. The number of hydrogen-bond acceptors (Lipinski definition) is 1. The topological polar surface area (TPSA) is 12.0 Å². The van der Waals surface area contributed by atoms with Crippen LogP contribution in [0.1, 0.15) is 44.7 Å². The molecule has 1 nitrogen and oxygen atoms in total. The number of rotatable bonds is 7. The summed E-state index contributed by atoms with van der Waals surface area (Å²) in [6.07, 6.45) is 5.37. The third-order valence-electron chi connectivity index (χ3n) is 3.70. The molecule has 0 unspecified atom stereocenters. The summed E-state index contributed by atoms with van der Waals surface area (Å²) in [5, 5.41) is 3.13. The van der Waals surface area contributed by atoms with E-state index in [1.54, 1.807) is 0 Å². The molecule has 0 aliphatic carbocycles. The van der Waals surface area contributed by atoms with Gasteiger partial charge in [0, 0.05) is 6.54 Å². The standard InChI is InChI=1S/C20H29N/c1-15(2)20-11-9-19(10-12-20)13-16(3)7-8-17(4)18(5)14-21-6/h7-12,15,21H,5,13-14H2,1-4,6H3/b16-7+,17-8-. The van der Waals surface area contributed by atoms with Gasteiger partial charge in [0.25, 0.3) is 0 Å². The van der Waals surface area contributed by atoms with E-state index in [1.807, 2.05) is 7.05 Å². The van der Waals surface area contributed by atoms with E-state index >= 15 is 0 Å². The first-order valence-electron chi connectivity index (χ1n) is 7.69. The highest BCUT2D eigenvalue weighted by molar-refractivity contribution is 5.33. The molecule has 1 rings (SSSR count). The van der Waals surface area contributed by atoms with E-state index in [0.29, 0.717) is 5.92 Å². The predicted molar refractivity (Wildman–Crippen MR) is 94.8 cm³/mol. The smallest absolute Gasteiger partial charge is 0.0199 e. The molecule has 21 heavy (non-hydrogen) atoms. The van der Waals surface area contributed by atoms with E-state index < -0.39 is 0 Å². The van der Waals surface area contributed by atoms with Crippen molar-refractivity contribution < 1.29 is 0 Å². The molecule has 0 saturated heterocycles. The summed E-state index contributed by atoms with van der Waals surface area (Å²) >= 11 is 0. The van der Waals surface area contributed by atoms with Gasteiger partial charge in [0.15, 0.2) is 0 Å². The Hall–Kier alpha value is -1.60. The van der Waals surface area contributed by atoms with Gasteiger partial charge in [0.2, 0.25) is 0 Å². The molecule has 0 saturated carbocycles. The largest absolute Gasteiger partial charge is 0.316 e. The molecule has 0 heterocycles. The molecular weight excluding hydrogens is 254 g/mol. The van der Waals surface area contributed by atoms with Gasteiger partial charge >= 0.3 is 0 Å². The number of likely N-dealkylation sites (N-methyl/N-ethyl adjacent to an activating group) is 1. The van der Waals surface area contributed by atoms with Gasteiger partial charge in [-0.1, -0.05) is 62.4 Å². The van der Waals surface area contributed by atoms with E-state index in [-0.39, 0.29) is 0 Å². The van der Waals surface area contributed by atoms with E-state index in [9.17, 15) is 0 Å². The second-order valence-electron chi connectivity index (χ2n) is 6.07. The molecule has 1 aromatic rings. The minimum atomic E-state index is 0.597. The van der Waals surface area contributed by atoms with E-state index in [4.69, 9.17) is 0 Å². The summed E-state index contributed by atoms with van der Waals surface area (Å²) in [5.41, 5.74) is 6.51. The predicted octanol–water partition coefficient (Wildman–Crippen LogP) is 5.02. The van der Waals surface area contributed by atoms with Crippen LogP contribution in [0, 0.1) is 0 Å². The van der Waals surface area contributed by atoms with Gasteiger partial charge in [0.05, 0.1) is 0 Å². The quantitative estimate of drug-likeness (QED) is 0.693. The Morgan fingerprint density at radius 2 is 1.76 bits per heavy atom. The van der Waals surface area contributed by atoms with Crippen molar-refractivity contribution in [2.45, 2.75) is 40.0 Å². The normalized spacial score (nSPS) is 12.9. The van der Waals surface area contributed by atoms with Crippen molar-refractivity contribution in [3.8, 4) is 0 Å². The Morgan fingerprint density at radius 1 is 1.14 bits per heavy atom. The third-order valence-corrected chi connectivity index (χ3v) is 3.70. The van der Waals surface area contributed by atoms with Gasteiger partial charge in [-0.2, -0.15) is 0 Å². The lowest BCUT2D eigenvalue weighted by Crippen LogP contribution is -2.10. The molecule has 1 aromatic carbocycles. The van der Waals surface area contributed by atoms with Crippen molar-refractivity contribution in [3.63, 3.8) is 0 Å². The number of allylic oxidation sites excluding steroid dienone is 3. The lowest BCUT2D eigenvalue weighted by molar-refractivity contribution is 0.865. The molecule has 0 aliphatic heterocycles. The third kappa shape index (κ3) is 6.14. The Labute approximate surface area is 130 Å². The van der Waals surface area contributed by atoms with Crippen molar-refractivity contribution in [1.82, 2.24) is 5.32 Å². The summed E-state index contributed by atoms with van der Waals surface area (Å²) in [4.78, 5) is 0. The molecule has 0 fully saturated rings. The van der Waals surface area contributed by atoms with Crippen LogP contribution in [0.3, 0.4) is 0 Å². The first kappa shape index (κ1) is 17.5. The van der Waals surface area contributed by atoms with Gasteiger partial charge in [-0.15, -0.1) is 0 Å². The van der Waals surface area contributed by atoms with Crippen molar-refractivity contribution in [1.29, 1.82) is 0 Å². The Balaban J connectivity index is 2.67. The summed E-state index contributed by atoms with van der Waals surface area (Å²) in [6.45, 7) is 13.7. The fourth-order valence-corrected chi connectivity index (χ4v) is 2.14. The van der Waals surface area contributed by atoms with Crippen molar-refractivity contribution in [2.75, 3.05) is 13.6 Å². The van der Waals surface area contributed by atoms with E-state index in [1.165, 1.54) is 22.3 Å². The first-order valence-corrected chi connectivity index (χ1v) is 7.69.